The van der Waals surface area contributed by atoms with Crippen molar-refractivity contribution in [2.75, 3.05) is 23.3 Å². The lowest BCUT2D eigenvalue weighted by atomic mass is 10.2. The number of morpholine rings is 1. The first-order chi connectivity index (χ1) is 12.8. The van der Waals surface area contributed by atoms with E-state index in [1.54, 1.807) is 19.1 Å². The van der Waals surface area contributed by atoms with Crippen molar-refractivity contribution in [3.05, 3.63) is 41.0 Å². The van der Waals surface area contributed by atoms with E-state index in [2.05, 4.69) is 15.8 Å². The van der Waals surface area contributed by atoms with Crippen molar-refractivity contribution in [3.63, 3.8) is 0 Å². The Morgan fingerprint density at radius 2 is 2.00 bits per heavy atom. The van der Waals surface area contributed by atoms with E-state index in [0.717, 1.165) is 11.3 Å². The first-order valence-corrected chi connectivity index (χ1v) is 9.00. The molecular formula is C19H25FN4O3. The minimum Gasteiger partial charge on any atom is -0.372 e. The molecule has 0 bridgehead atoms. The number of nitrogens with one attached hydrogen (secondary N) is 2. The van der Waals surface area contributed by atoms with E-state index in [4.69, 9.17) is 9.26 Å². The van der Waals surface area contributed by atoms with Crippen molar-refractivity contribution in [3.8, 4) is 0 Å². The lowest BCUT2D eigenvalue weighted by Crippen LogP contribution is -2.45. The third kappa shape index (κ3) is 4.57. The van der Waals surface area contributed by atoms with E-state index in [1.807, 2.05) is 25.7 Å². The van der Waals surface area contributed by atoms with E-state index in [9.17, 15) is 9.18 Å². The number of hydrogen-bond acceptors (Lipinski definition) is 5. The summed E-state index contributed by atoms with van der Waals surface area (Å²) in [6.07, 6.45) is 0.0853. The van der Waals surface area contributed by atoms with Gasteiger partial charge in [-0.1, -0.05) is 5.16 Å². The van der Waals surface area contributed by atoms with Crippen molar-refractivity contribution in [1.29, 1.82) is 0 Å². The number of ether oxygens (including phenoxy) is 1. The van der Waals surface area contributed by atoms with Crippen LogP contribution in [0, 0.1) is 19.7 Å². The Balaban J connectivity index is 1.61. The summed E-state index contributed by atoms with van der Waals surface area (Å²) in [5.74, 6) is 0.289. The van der Waals surface area contributed by atoms with Crippen LogP contribution >= 0.6 is 0 Å². The summed E-state index contributed by atoms with van der Waals surface area (Å²) in [5, 5.41) is 9.22. The first-order valence-electron chi connectivity index (χ1n) is 9.00. The van der Waals surface area contributed by atoms with Crippen LogP contribution in [-0.2, 0) is 11.3 Å². The van der Waals surface area contributed by atoms with Gasteiger partial charge in [0.2, 0.25) is 0 Å². The Labute approximate surface area is 157 Å². The Hall–Kier alpha value is -2.61. The molecule has 7 nitrogen and oxygen atoms in total. The van der Waals surface area contributed by atoms with Crippen molar-refractivity contribution < 1.29 is 18.4 Å². The summed E-state index contributed by atoms with van der Waals surface area (Å²) in [6.45, 7) is 9.10. The molecule has 1 aliphatic rings. The minimum atomic E-state index is -0.421. The molecule has 2 heterocycles. The van der Waals surface area contributed by atoms with E-state index >= 15 is 0 Å². The van der Waals surface area contributed by atoms with Gasteiger partial charge in [-0.15, -0.1) is 0 Å². The van der Waals surface area contributed by atoms with Crippen LogP contribution in [0.3, 0.4) is 0 Å². The van der Waals surface area contributed by atoms with Gasteiger partial charge in [0.25, 0.3) is 0 Å². The predicted molar refractivity (Wildman–Crippen MR) is 100 cm³/mol. The van der Waals surface area contributed by atoms with Crippen LogP contribution in [0.15, 0.2) is 22.7 Å². The van der Waals surface area contributed by atoms with Crippen LogP contribution in [0.4, 0.5) is 20.6 Å². The lowest BCUT2D eigenvalue weighted by Gasteiger charge is -2.37. The number of nitrogens with zero attached hydrogens (tertiary/aromatic N) is 2. The fourth-order valence-corrected chi connectivity index (χ4v) is 3.31. The van der Waals surface area contributed by atoms with Crippen molar-refractivity contribution in [2.24, 2.45) is 0 Å². The van der Waals surface area contributed by atoms with Crippen LogP contribution in [0.1, 0.15) is 30.9 Å². The van der Waals surface area contributed by atoms with E-state index in [1.165, 1.54) is 6.07 Å². The van der Waals surface area contributed by atoms with Gasteiger partial charge in [-0.05, 0) is 45.9 Å². The largest absolute Gasteiger partial charge is 0.372 e. The van der Waals surface area contributed by atoms with Crippen molar-refractivity contribution in [1.82, 2.24) is 10.5 Å². The fraction of sp³-hybridized carbons (Fsp3) is 0.474. The highest BCUT2D eigenvalue weighted by molar-refractivity contribution is 5.89. The van der Waals surface area contributed by atoms with Gasteiger partial charge in [0.15, 0.2) is 0 Å². The number of halogens is 1. The zero-order valence-corrected chi connectivity index (χ0v) is 16.0. The number of benzene rings is 1. The van der Waals surface area contributed by atoms with Crippen molar-refractivity contribution >= 4 is 17.4 Å². The molecule has 2 aromatic rings. The van der Waals surface area contributed by atoms with Crippen LogP contribution < -0.4 is 15.5 Å². The topological polar surface area (TPSA) is 79.6 Å². The Bertz CT molecular complexity index is 794. The maximum atomic E-state index is 14.6. The van der Waals surface area contributed by atoms with E-state index in [-0.39, 0.29) is 24.6 Å². The molecule has 146 valence electrons. The summed E-state index contributed by atoms with van der Waals surface area (Å²) in [7, 11) is 0. The highest BCUT2D eigenvalue weighted by atomic mass is 19.1. The Kier molecular flexibility index (Phi) is 5.65. The number of carbonyl (C=O) groups is 1. The molecule has 1 aromatic heterocycles. The lowest BCUT2D eigenvalue weighted by molar-refractivity contribution is -0.00539. The molecule has 27 heavy (non-hydrogen) atoms. The monoisotopic (exact) mass is 376 g/mol. The molecule has 3 rings (SSSR count). The van der Waals surface area contributed by atoms with Gasteiger partial charge in [-0.3, -0.25) is 0 Å². The van der Waals surface area contributed by atoms with Crippen LogP contribution in [-0.4, -0.2) is 36.5 Å². The molecule has 0 aliphatic carbocycles. The smallest absolute Gasteiger partial charge is 0.319 e. The quantitative estimate of drug-likeness (QED) is 0.855. The van der Waals surface area contributed by atoms with Crippen LogP contribution in [0.2, 0.25) is 0 Å². The predicted octanol–water partition coefficient (Wildman–Crippen LogP) is 3.37. The highest BCUT2D eigenvalue weighted by Gasteiger charge is 2.24. The maximum absolute atomic E-state index is 14.6. The number of urea groups is 1. The number of aryl methyl sites for hydroxylation is 2. The van der Waals surface area contributed by atoms with Gasteiger partial charge >= 0.3 is 6.03 Å². The number of aromatic nitrogens is 1. The molecule has 2 N–H and O–H groups in total. The molecule has 1 aliphatic heterocycles. The molecule has 0 saturated carbocycles. The summed E-state index contributed by atoms with van der Waals surface area (Å²) in [6, 6.07) is 4.29. The molecule has 0 radical (unpaired) electrons. The molecule has 1 aromatic carbocycles. The number of carbonyl (C=O) groups excluding carboxylic acids is 1. The average molecular weight is 376 g/mol. The molecule has 2 atom stereocenters. The number of amides is 2. The Morgan fingerprint density at radius 3 is 2.59 bits per heavy atom. The molecule has 0 spiro atoms. The van der Waals surface area contributed by atoms with Gasteiger partial charge in [-0.2, -0.15) is 0 Å². The van der Waals surface area contributed by atoms with Gasteiger partial charge < -0.3 is 24.8 Å². The van der Waals surface area contributed by atoms with Gasteiger partial charge in [0, 0.05) is 30.9 Å². The van der Waals surface area contributed by atoms with E-state index < -0.39 is 6.03 Å². The number of hydrogen-bond donors (Lipinski definition) is 2. The fourth-order valence-electron chi connectivity index (χ4n) is 3.31. The van der Waals surface area contributed by atoms with Crippen molar-refractivity contribution in [2.45, 2.75) is 46.4 Å². The van der Waals surface area contributed by atoms with Gasteiger partial charge in [0.05, 0.1) is 23.6 Å². The standard InChI is InChI=1S/C19H25FN4O3/c1-11-9-24(10-12(2)26-11)18-6-5-15(7-17(18)20)22-19(25)21-8-16-13(3)23-27-14(16)4/h5-7,11-12H,8-10H2,1-4H3,(H2,21,22,25)/t11-,12-/m0/s1. The second-order valence-electron chi connectivity index (χ2n) is 6.94. The zero-order valence-electron chi connectivity index (χ0n) is 16.0. The van der Waals surface area contributed by atoms with Gasteiger partial charge in [-0.25, -0.2) is 9.18 Å². The first kappa shape index (κ1) is 19.2. The second-order valence-corrected chi connectivity index (χ2v) is 6.94. The molecule has 2 amide bonds. The highest BCUT2D eigenvalue weighted by Crippen LogP contribution is 2.26. The molecule has 0 unspecified atom stereocenters. The van der Waals surface area contributed by atoms with Crippen LogP contribution in [0.5, 0.6) is 0 Å². The average Bonchev–Trinajstić information content (AvgIpc) is 2.90. The van der Waals surface area contributed by atoms with Crippen LogP contribution in [0.25, 0.3) is 0 Å². The molecule has 1 fully saturated rings. The molecular weight excluding hydrogens is 351 g/mol. The van der Waals surface area contributed by atoms with E-state index in [0.29, 0.717) is 30.2 Å². The Morgan fingerprint density at radius 1 is 1.30 bits per heavy atom. The third-order valence-electron chi connectivity index (χ3n) is 4.57. The normalized spacial score (nSPS) is 19.8. The minimum absolute atomic E-state index is 0.0426. The summed E-state index contributed by atoms with van der Waals surface area (Å²) >= 11 is 0. The zero-order chi connectivity index (χ0) is 19.6. The SMILES string of the molecule is Cc1noc(C)c1CNC(=O)Nc1ccc(N2C[C@H](C)O[C@@H](C)C2)c(F)c1. The third-order valence-corrected chi connectivity index (χ3v) is 4.57. The molecule has 1 saturated heterocycles. The summed E-state index contributed by atoms with van der Waals surface area (Å²) < 4.78 is 25.3. The van der Waals surface area contributed by atoms with Gasteiger partial charge in [0.1, 0.15) is 11.6 Å². The maximum Gasteiger partial charge on any atom is 0.319 e. The summed E-state index contributed by atoms with van der Waals surface area (Å²) in [4.78, 5) is 14.1. The molecule has 8 heteroatoms. The number of rotatable bonds is 4. The number of anilines is 2. The second kappa shape index (κ2) is 7.96. The summed E-state index contributed by atoms with van der Waals surface area (Å²) in [5.41, 5.74) is 2.47.